The molecule has 5 heteroatoms. The molecule has 148 valence electrons. The number of carbonyl (C=O) groups excluding carboxylic acids is 2. The topological polar surface area (TPSA) is 55.8 Å². The molecule has 0 unspecified atom stereocenters. The van der Waals surface area contributed by atoms with Crippen molar-refractivity contribution in [3.63, 3.8) is 0 Å². The Morgan fingerprint density at radius 2 is 1.74 bits per heavy atom. The summed E-state index contributed by atoms with van der Waals surface area (Å²) in [5, 5.41) is 0. The summed E-state index contributed by atoms with van der Waals surface area (Å²) in [6.07, 6.45) is 5.17. The molecule has 0 N–H and O–H groups in total. The third-order valence-corrected chi connectivity index (χ3v) is 5.86. The van der Waals surface area contributed by atoms with Crippen molar-refractivity contribution in [1.29, 1.82) is 0 Å². The lowest BCUT2D eigenvalue weighted by Crippen LogP contribution is -2.48. The zero-order valence-corrected chi connectivity index (χ0v) is 16.5. The van der Waals surface area contributed by atoms with Crippen LogP contribution in [-0.4, -0.2) is 43.1 Å². The van der Waals surface area contributed by atoms with Gasteiger partial charge < -0.3 is 14.4 Å². The van der Waals surface area contributed by atoms with Gasteiger partial charge in [0.15, 0.2) is 0 Å². The zero-order chi connectivity index (χ0) is 19.3. The highest BCUT2D eigenvalue weighted by atomic mass is 16.6. The number of esters is 1. The number of piperidine rings is 1. The maximum Gasteiger partial charge on any atom is 0.312 e. The van der Waals surface area contributed by atoms with Crippen LogP contribution in [0.1, 0.15) is 51.5 Å². The van der Waals surface area contributed by atoms with E-state index < -0.39 is 5.41 Å². The van der Waals surface area contributed by atoms with Crippen molar-refractivity contribution < 1.29 is 19.1 Å². The molecule has 2 aliphatic heterocycles. The molecule has 1 aromatic rings. The van der Waals surface area contributed by atoms with Crippen molar-refractivity contribution in [1.82, 2.24) is 4.90 Å². The highest BCUT2D eigenvalue weighted by molar-refractivity contribution is 5.80. The number of nitrogens with zero attached hydrogens (tertiary/aromatic N) is 1. The highest BCUT2D eigenvalue weighted by Gasteiger charge is 2.43. The van der Waals surface area contributed by atoms with Crippen LogP contribution in [0.25, 0.3) is 0 Å². The number of carbonyl (C=O) groups is 2. The van der Waals surface area contributed by atoms with E-state index in [1.54, 1.807) is 0 Å². The number of aryl methyl sites for hydroxylation is 1. The molecule has 0 bridgehead atoms. The normalized spacial score (nSPS) is 20.9. The van der Waals surface area contributed by atoms with Gasteiger partial charge in [0.1, 0.15) is 19.0 Å². The van der Waals surface area contributed by atoms with Crippen LogP contribution >= 0.6 is 0 Å². The Hall–Kier alpha value is -2.04. The van der Waals surface area contributed by atoms with Gasteiger partial charge in [-0.2, -0.15) is 0 Å². The second-order valence-corrected chi connectivity index (χ2v) is 8.06. The monoisotopic (exact) mass is 373 g/mol. The number of cyclic esters (lactones) is 1. The molecule has 1 amide bonds. The van der Waals surface area contributed by atoms with E-state index >= 15 is 0 Å². The molecule has 1 spiro atoms. The van der Waals surface area contributed by atoms with Gasteiger partial charge in [-0.15, -0.1) is 0 Å². The van der Waals surface area contributed by atoms with Crippen LogP contribution in [-0.2, 0) is 20.7 Å². The number of hydrogen-bond acceptors (Lipinski definition) is 4. The first-order valence-electron chi connectivity index (χ1n) is 10.2. The largest absolute Gasteiger partial charge is 0.490 e. The SMILES string of the molecule is CC(C)C(=O)N1CCC2(CCCCc3ccccc3OCCOC2=O)CC1. The minimum Gasteiger partial charge on any atom is -0.490 e. The molecule has 5 nitrogen and oxygen atoms in total. The number of rotatable bonds is 1. The summed E-state index contributed by atoms with van der Waals surface area (Å²) >= 11 is 0. The van der Waals surface area contributed by atoms with E-state index in [-0.39, 0.29) is 24.4 Å². The van der Waals surface area contributed by atoms with Crippen LogP contribution in [0.3, 0.4) is 0 Å². The van der Waals surface area contributed by atoms with Crippen LogP contribution in [0.2, 0.25) is 0 Å². The number of fused-ring (bicyclic) bond motifs is 1. The van der Waals surface area contributed by atoms with Crippen LogP contribution in [0.5, 0.6) is 5.75 Å². The van der Waals surface area contributed by atoms with Gasteiger partial charge in [0.05, 0.1) is 5.41 Å². The highest BCUT2D eigenvalue weighted by Crippen LogP contribution is 2.39. The van der Waals surface area contributed by atoms with Crippen molar-refractivity contribution in [2.24, 2.45) is 11.3 Å². The molecule has 0 radical (unpaired) electrons. The van der Waals surface area contributed by atoms with Gasteiger partial charge in [-0.05, 0) is 43.7 Å². The van der Waals surface area contributed by atoms with Crippen molar-refractivity contribution in [3.05, 3.63) is 29.8 Å². The molecule has 1 saturated heterocycles. The quantitative estimate of drug-likeness (QED) is 0.706. The fraction of sp³-hybridized carbons (Fsp3) is 0.636. The van der Waals surface area contributed by atoms with E-state index in [0.29, 0.717) is 32.5 Å². The molecule has 1 fully saturated rings. The number of para-hydroxylation sites is 1. The predicted molar refractivity (Wildman–Crippen MR) is 104 cm³/mol. The van der Waals surface area contributed by atoms with Gasteiger partial charge in [-0.1, -0.05) is 38.5 Å². The molecule has 2 aliphatic rings. The van der Waals surface area contributed by atoms with Crippen molar-refractivity contribution in [3.8, 4) is 5.75 Å². The summed E-state index contributed by atoms with van der Waals surface area (Å²) in [5.74, 6) is 0.955. The Balaban J connectivity index is 1.67. The van der Waals surface area contributed by atoms with E-state index in [0.717, 1.165) is 31.4 Å². The third-order valence-electron chi connectivity index (χ3n) is 5.86. The molecule has 0 aliphatic carbocycles. The molecular formula is C22H31NO4. The van der Waals surface area contributed by atoms with E-state index in [2.05, 4.69) is 6.07 Å². The minimum absolute atomic E-state index is 0.000438. The number of likely N-dealkylation sites (tertiary alicyclic amines) is 1. The second-order valence-electron chi connectivity index (χ2n) is 8.06. The summed E-state index contributed by atoms with van der Waals surface area (Å²) in [4.78, 5) is 27.1. The molecule has 3 rings (SSSR count). The summed E-state index contributed by atoms with van der Waals surface area (Å²) < 4.78 is 11.4. The average Bonchev–Trinajstić information content (AvgIpc) is 2.68. The van der Waals surface area contributed by atoms with Gasteiger partial charge in [-0.25, -0.2) is 0 Å². The molecule has 0 saturated carbocycles. The van der Waals surface area contributed by atoms with Crippen molar-refractivity contribution in [2.75, 3.05) is 26.3 Å². The Morgan fingerprint density at radius 1 is 1.04 bits per heavy atom. The Kier molecular flexibility index (Phi) is 6.40. The smallest absolute Gasteiger partial charge is 0.312 e. The fourth-order valence-electron chi connectivity index (χ4n) is 4.15. The number of hydrogen-bond donors (Lipinski definition) is 0. The Morgan fingerprint density at radius 3 is 2.48 bits per heavy atom. The number of benzene rings is 1. The predicted octanol–water partition coefficient (Wildman–Crippen LogP) is 3.60. The standard InChI is InChI=1S/C22H31NO4/c1-17(2)20(24)23-13-11-22(12-14-23)10-6-5-8-18-7-3-4-9-19(18)26-15-16-27-21(22)25/h3-4,7,9,17H,5-6,8,10-16H2,1-2H3. The van der Waals surface area contributed by atoms with Crippen LogP contribution in [0, 0.1) is 11.3 Å². The van der Waals surface area contributed by atoms with Gasteiger partial charge in [0.25, 0.3) is 0 Å². The maximum atomic E-state index is 12.9. The van der Waals surface area contributed by atoms with Crippen LogP contribution in [0.15, 0.2) is 24.3 Å². The van der Waals surface area contributed by atoms with Crippen LogP contribution in [0.4, 0.5) is 0 Å². The summed E-state index contributed by atoms with van der Waals surface area (Å²) in [5.41, 5.74) is 0.766. The first-order chi connectivity index (χ1) is 13.0. The van der Waals surface area contributed by atoms with Crippen molar-refractivity contribution >= 4 is 11.9 Å². The zero-order valence-electron chi connectivity index (χ0n) is 16.5. The fourth-order valence-corrected chi connectivity index (χ4v) is 4.15. The van der Waals surface area contributed by atoms with E-state index in [1.807, 2.05) is 36.9 Å². The maximum absolute atomic E-state index is 12.9. The molecule has 0 atom stereocenters. The van der Waals surface area contributed by atoms with E-state index in [1.165, 1.54) is 5.56 Å². The number of amides is 1. The minimum atomic E-state index is -0.452. The van der Waals surface area contributed by atoms with Gasteiger partial charge in [-0.3, -0.25) is 9.59 Å². The lowest BCUT2D eigenvalue weighted by Gasteiger charge is -2.40. The molecular weight excluding hydrogens is 342 g/mol. The summed E-state index contributed by atoms with van der Waals surface area (Å²) in [6.45, 7) is 5.78. The summed E-state index contributed by atoms with van der Waals surface area (Å²) in [6, 6.07) is 8.10. The second kappa shape index (κ2) is 8.77. The average molecular weight is 373 g/mol. The van der Waals surface area contributed by atoms with Gasteiger partial charge >= 0.3 is 5.97 Å². The van der Waals surface area contributed by atoms with Crippen molar-refractivity contribution in [2.45, 2.75) is 52.4 Å². The molecule has 27 heavy (non-hydrogen) atoms. The Bertz CT molecular complexity index is 662. The molecule has 0 aromatic heterocycles. The number of ether oxygens (including phenoxy) is 2. The lowest BCUT2D eigenvalue weighted by atomic mass is 9.74. The van der Waals surface area contributed by atoms with Gasteiger partial charge in [0.2, 0.25) is 5.91 Å². The molecule has 1 aromatic carbocycles. The Labute approximate surface area is 162 Å². The molecule has 2 heterocycles. The van der Waals surface area contributed by atoms with Crippen LogP contribution < -0.4 is 4.74 Å². The first-order valence-corrected chi connectivity index (χ1v) is 10.2. The third kappa shape index (κ3) is 4.63. The first kappa shape index (κ1) is 19.7. The summed E-state index contributed by atoms with van der Waals surface area (Å²) in [7, 11) is 0. The van der Waals surface area contributed by atoms with Gasteiger partial charge in [0, 0.05) is 19.0 Å². The van der Waals surface area contributed by atoms with E-state index in [4.69, 9.17) is 9.47 Å². The lowest BCUT2D eigenvalue weighted by molar-refractivity contribution is -0.162. The van der Waals surface area contributed by atoms with E-state index in [9.17, 15) is 9.59 Å².